The van der Waals surface area contributed by atoms with E-state index in [4.69, 9.17) is 11.6 Å². The van der Waals surface area contributed by atoms with Crippen molar-refractivity contribution in [3.63, 3.8) is 0 Å². The number of hydrogen-bond donors (Lipinski definition) is 0. The first-order valence-electron chi connectivity index (χ1n) is 7.64. The van der Waals surface area contributed by atoms with Crippen LogP contribution >= 0.6 is 11.6 Å². The highest BCUT2D eigenvalue weighted by molar-refractivity contribution is 6.31. The molecular weight excluding hydrogens is 343 g/mol. The first-order chi connectivity index (χ1) is 12.0. The lowest BCUT2D eigenvalue weighted by atomic mass is 10.1. The molecule has 0 radical (unpaired) electrons. The molecule has 3 aromatic rings. The van der Waals surface area contributed by atoms with Gasteiger partial charge in [-0.2, -0.15) is 0 Å². The Labute approximate surface area is 149 Å². The van der Waals surface area contributed by atoms with Gasteiger partial charge in [-0.15, -0.1) is 0 Å². The van der Waals surface area contributed by atoms with E-state index in [0.717, 1.165) is 5.82 Å². The van der Waals surface area contributed by atoms with Crippen LogP contribution in [0.4, 0.5) is 4.39 Å². The number of rotatable bonds is 5. The highest BCUT2D eigenvalue weighted by Gasteiger charge is 2.19. The Morgan fingerprint density at radius 1 is 1.20 bits per heavy atom. The second-order valence-electron chi connectivity index (χ2n) is 5.59. The lowest BCUT2D eigenvalue weighted by Gasteiger charge is -2.23. The van der Waals surface area contributed by atoms with Crippen LogP contribution < -0.4 is 0 Å². The Balaban J connectivity index is 1.91. The summed E-state index contributed by atoms with van der Waals surface area (Å²) >= 11 is 6.13. The van der Waals surface area contributed by atoms with E-state index in [1.807, 2.05) is 17.8 Å². The van der Waals surface area contributed by atoms with Crippen LogP contribution in [0.15, 0.2) is 55.1 Å². The number of aromatic nitrogens is 3. The summed E-state index contributed by atoms with van der Waals surface area (Å²) in [6, 6.07) is 7.47. The number of carbonyl (C=O) groups is 1. The standard InChI is InChI=1S/C18H16ClFN4O/c1-23-9-8-22-17(23)12-24(18(25)13-4-6-21-7-5-13)11-14-2-3-15(20)10-16(14)19/h2-10H,11-12H2,1H3. The van der Waals surface area contributed by atoms with Gasteiger partial charge in [-0.1, -0.05) is 17.7 Å². The summed E-state index contributed by atoms with van der Waals surface area (Å²) in [7, 11) is 1.86. The fraction of sp³-hybridized carbons (Fsp3) is 0.167. The van der Waals surface area contributed by atoms with E-state index in [1.54, 1.807) is 41.7 Å². The minimum Gasteiger partial charge on any atom is -0.337 e. The van der Waals surface area contributed by atoms with Crippen molar-refractivity contribution in [2.45, 2.75) is 13.1 Å². The summed E-state index contributed by atoms with van der Waals surface area (Å²) < 4.78 is 15.1. The topological polar surface area (TPSA) is 51.0 Å². The molecule has 1 amide bonds. The maximum absolute atomic E-state index is 13.3. The number of imidazole rings is 1. The van der Waals surface area contributed by atoms with Crippen molar-refractivity contribution in [3.05, 3.63) is 82.9 Å². The average Bonchev–Trinajstić information content (AvgIpc) is 3.01. The highest BCUT2D eigenvalue weighted by Crippen LogP contribution is 2.21. The van der Waals surface area contributed by atoms with E-state index in [-0.39, 0.29) is 17.5 Å². The van der Waals surface area contributed by atoms with E-state index in [2.05, 4.69) is 9.97 Å². The van der Waals surface area contributed by atoms with Gasteiger partial charge < -0.3 is 9.47 Å². The fourth-order valence-corrected chi connectivity index (χ4v) is 2.68. The zero-order valence-corrected chi connectivity index (χ0v) is 14.3. The number of benzene rings is 1. The number of pyridine rings is 1. The van der Waals surface area contributed by atoms with Gasteiger partial charge in [0.2, 0.25) is 0 Å². The van der Waals surface area contributed by atoms with Gasteiger partial charge in [0.15, 0.2) is 0 Å². The third-order valence-corrected chi connectivity index (χ3v) is 4.20. The van der Waals surface area contributed by atoms with Crippen molar-refractivity contribution >= 4 is 17.5 Å². The summed E-state index contributed by atoms with van der Waals surface area (Å²) in [5.41, 5.74) is 1.18. The van der Waals surface area contributed by atoms with E-state index in [0.29, 0.717) is 17.7 Å². The monoisotopic (exact) mass is 358 g/mol. The summed E-state index contributed by atoms with van der Waals surface area (Å²) in [6.07, 6.45) is 6.62. The van der Waals surface area contributed by atoms with Crippen LogP contribution in [0, 0.1) is 5.82 Å². The molecular formula is C18H16ClFN4O. The van der Waals surface area contributed by atoms with Crippen molar-refractivity contribution in [1.82, 2.24) is 19.4 Å². The number of amides is 1. The molecule has 3 rings (SSSR count). The zero-order valence-electron chi connectivity index (χ0n) is 13.6. The first-order valence-corrected chi connectivity index (χ1v) is 8.02. The third kappa shape index (κ3) is 4.03. The molecule has 0 aliphatic carbocycles. The van der Waals surface area contributed by atoms with Crippen molar-refractivity contribution in [2.75, 3.05) is 0 Å². The lowest BCUT2D eigenvalue weighted by Crippen LogP contribution is -2.31. The molecule has 0 spiro atoms. The van der Waals surface area contributed by atoms with Crippen LogP contribution in [0.5, 0.6) is 0 Å². The molecule has 2 heterocycles. The molecule has 0 saturated carbocycles. The Morgan fingerprint density at radius 2 is 1.96 bits per heavy atom. The van der Waals surface area contributed by atoms with Gasteiger partial charge in [0, 0.05) is 49.0 Å². The summed E-state index contributed by atoms with van der Waals surface area (Å²) in [6.45, 7) is 0.547. The number of halogens is 2. The zero-order chi connectivity index (χ0) is 17.8. The predicted molar refractivity (Wildman–Crippen MR) is 92.4 cm³/mol. The molecule has 25 heavy (non-hydrogen) atoms. The second kappa shape index (κ2) is 7.44. The van der Waals surface area contributed by atoms with Crippen LogP contribution in [-0.2, 0) is 20.1 Å². The molecule has 128 valence electrons. The maximum atomic E-state index is 13.3. The van der Waals surface area contributed by atoms with Crippen molar-refractivity contribution < 1.29 is 9.18 Å². The van der Waals surface area contributed by atoms with E-state index >= 15 is 0 Å². The number of hydrogen-bond acceptors (Lipinski definition) is 3. The summed E-state index contributed by atoms with van der Waals surface area (Å²) in [5, 5.41) is 0.285. The molecule has 7 heteroatoms. The molecule has 0 N–H and O–H groups in total. The average molecular weight is 359 g/mol. The van der Waals surface area contributed by atoms with Gasteiger partial charge >= 0.3 is 0 Å². The lowest BCUT2D eigenvalue weighted by molar-refractivity contribution is 0.0724. The van der Waals surface area contributed by atoms with Crippen LogP contribution in [0.3, 0.4) is 0 Å². The quantitative estimate of drug-likeness (QED) is 0.702. The largest absolute Gasteiger partial charge is 0.337 e. The highest BCUT2D eigenvalue weighted by atomic mass is 35.5. The van der Waals surface area contributed by atoms with Gasteiger partial charge in [-0.3, -0.25) is 9.78 Å². The Kier molecular flexibility index (Phi) is 5.09. The predicted octanol–water partition coefficient (Wildman–Crippen LogP) is 3.45. The molecule has 1 aromatic carbocycles. The van der Waals surface area contributed by atoms with Crippen LogP contribution in [0.1, 0.15) is 21.7 Å². The normalized spacial score (nSPS) is 10.7. The van der Waals surface area contributed by atoms with E-state index < -0.39 is 5.82 Å². The molecule has 0 aliphatic rings. The van der Waals surface area contributed by atoms with Crippen LogP contribution in [-0.4, -0.2) is 25.3 Å². The first kappa shape index (κ1) is 17.1. The third-order valence-electron chi connectivity index (χ3n) is 3.84. The number of aryl methyl sites for hydroxylation is 1. The molecule has 0 aliphatic heterocycles. The number of nitrogens with zero attached hydrogens (tertiary/aromatic N) is 4. The van der Waals surface area contributed by atoms with E-state index in [9.17, 15) is 9.18 Å². The molecule has 0 saturated heterocycles. The smallest absolute Gasteiger partial charge is 0.254 e. The van der Waals surface area contributed by atoms with Gasteiger partial charge in [-0.25, -0.2) is 9.37 Å². The maximum Gasteiger partial charge on any atom is 0.254 e. The second-order valence-corrected chi connectivity index (χ2v) is 5.99. The van der Waals surface area contributed by atoms with Gasteiger partial charge in [0.05, 0.1) is 6.54 Å². The van der Waals surface area contributed by atoms with Crippen LogP contribution in [0.25, 0.3) is 0 Å². The molecule has 0 unspecified atom stereocenters. The molecule has 5 nitrogen and oxygen atoms in total. The van der Waals surface area contributed by atoms with Crippen molar-refractivity contribution in [2.24, 2.45) is 7.05 Å². The van der Waals surface area contributed by atoms with Crippen molar-refractivity contribution in [3.8, 4) is 0 Å². The summed E-state index contributed by atoms with van der Waals surface area (Å²) in [5.74, 6) is 0.149. The minimum absolute atomic E-state index is 0.175. The molecule has 2 aromatic heterocycles. The fourth-order valence-electron chi connectivity index (χ4n) is 2.45. The van der Waals surface area contributed by atoms with Gasteiger partial charge in [0.1, 0.15) is 11.6 Å². The van der Waals surface area contributed by atoms with E-state index in [1.165, 1.54) is 12.1 Å². The molecule has 0 bridgehead atoms. The molecule has 0 atom stereocenters. The SMILES string of the molecule is Cn1ccnc1CN(Cc1ccc(F)cc1Cl)C(=O)c1ccncc1. The summed E-state index contributed by atoms with van der Waals surface area (Å²) in [4.78, 5) is 22.7. The van der Waals surface area contributed by atoms with Crippen LogP contribution in [0.2, 0.25) is 5.02 Å². The minimum atomic E-state index is -0.412. The Hall–Kier alpha value is -2.73. The van der Waals surface area contributed by atoms with Crippen molar-refractivity contribution in [1.29, 1.82) is 0 Å². The number of carbonyl (C=O) groups excluding carboxylic acids is 1. The Morgan fingerprint density at radius 3 is 2.60 bits per heavy atom. The van der Waals surface area contributed by atoms with Gasteiger partial charge in [-0.05, 0) is 29.8 Å². The Bertz CT molecular complexity index is 882. The van der Waals surface area contributed by atoms with Gasteiger partial charge in [0.25, 0.3) is 5.91 Å². The molecule has 0 fully saturated rings.